The number of alkyl halides is 1. The second kappa shape index (κ2) is 6.06. The fraction of sp³-hybridized carbons (Fsp3) is 0.273. The molecule has 0 saturated carbocycles. The third kappa shape index (κ3) is 3.14. The van der Waals surface area contributed by atoms with Crippen LogP contribution < -0.4 is 10.1 Å². The van der Waals surface area contributed by atoms with Crippen LogP contribution in [0.5, 0.6) is 5.75 Å². The predicted molar refractivity (Wildman–Crippen MR) is 72.7 cm³/mol. The molecule has 1 heterocycles. The highest BCUT2D eigenvalue weighted by atomic mass is 79.9. The first-order chi connectivity index (χ1) is 8.72. The summed E-state index contributed by atoms with van der Waals surface area (Å²) in [5.41, 5.74) is 0.743. The van der Waals surface area contributed by atoms with Crippen LogP contribution in [0.3, 0.4) is 0 Å². The van der Waals surface area contributed by atoms with E-state index in [-0.39, 0.29) is 0 Å². The standard InChI is InChI=1S/C11H11BrClN3O2/c1-17-9-3-2-7(12)6-8(9)14-11-16-15-10(18-11)4-5-13/h2-3,6H,4-5H2,1H3,(H,14,16). The molecule has 5 nitrogen and oxygen atoms in total. The van der Waals surface area contributed by atoms with Gasteiger partial charge in [-0.3, -0.25) is 0 Å². The lowest BCUT2D eigenvalue weighted by Gasteiger charge is -2.08. The molecule has 2 aromatic rings. The molecule has 96 valence electrons. The van der Waals surface area contributed by atoms with Gasteiger partial charge in [-0.05, 0) is 18.2 Å². The molecule has 1 aromatic carbocycles. The maximum absolute atomic E-state index is 5.60. The molecule has 2 rings (SSSR count). The number of halogens is 2. The van der Waals surface area contributed by atoms with E-state index in [1.807, 2.05) is 18.2 Å². The highest BCUT2D eigenvalue weighted by molar-refractivity contribution is 9.10. The summed E-state index contributed by atoms with van der Waals surface area (Å²) in [4.78, 5) is 0. The summed E-state index contributed by atoms with van der Waals surface area (Å²) in [6.45, 7) is 0. The zero-order valence-corrected chi connectivity index (χ0v) is 12.0. The highest BCUT2D eigenvalue weighted by Crippen LogP contribution is 2.30. The van der Waals surface area contributed by atoms with E-state index >= 15 is 0 Å². The average Bonchev–Trinajstić information content (AvgIpc) is 2.77. The van der Waals surface area contributed by atoms with E-state index in [1.54, 1.807) is 7.11 Å². The summed E-state index contributed by atoms with van der Waals surface area (Å²) in [7, 11) is 1.60. The molecule has 7 heteroatoms. The van der Waals surface area contributed by atoms with E-state index in [4.69, 9.17) is 20.8 Å². The Morgan fingerprint density at radius 1 is 1.44 bits per heavy atom. The van der Waals surface area contributed by atoms with Crippen LogP contribution in [0.2, 0.25) is 0 Å². The second-order valence-corrected chi connectivity index (χ2v) is 4.70. The average molecular weight is 333 g/mol. The fourth-order valence-electron chi connectivity index (χ4n) is 1.38. The summed E-state index contributed by atoms with van der Waals surface area (Å²) < 4.78 is 11.5. The van der Waals surface area contributed by atoms with Crippen molar-refractivity contribution in [3.8, 4) is 5.75 Å². The lowest BCUT2D eigenvalue weighted by atomic mass is 10.3. The zero-order valence-electron chi connectivity index (χ0n) is 9.61. The Balaban J connectivity index is 2.19. The van der Waals surface area contributed by atoms with Gasteiger partial charge in [0.25, 0.3) is 0 Å². The van der Waals surface area contributed by atoms with Crippen LogP contribution in [-0.4, -0.2) is 23.2 Å². The van der Waals surface area contributed by atoms with Crippen LogP contribution in [0.1, 0.15) is 5.89 Å². The van der Waals surface area contributed by atoms with Crippen molar-refractivity contribution >= 4 is 39.2 Å². The van der Waals surface area contributed by atoms with Crippen molar-refractivity contribution < 1.29 is 9.15 Å². The Bertz CT molecular complexity index is 533. The van der Waals surface area contributed by atoms with Gasteiger partial charge in [0, 0.05) is 16.8 Å². The Kier molecular flexibility index (Phi) is 4.43. The number of benzene rings is 1. The topological polar surface area (TPSA) is 60.2 Å². The first kappa shape index (κ1) is 13.2. The molecule has 18 heavy (non-hydrogen) atoms. The number of rotatable bonds is 5. The van der Waals surface area contributed by atoms with Gasteiger partial charge < -0.3 is 14.5 Å². The summed E-state index contributed by atoms with van der Waals surface area (Å²) in [5.74, 6) is 1.64. The Morgan fingerprint density at radius 3 is 3.00 bits per heavy atom. The lowest BCUT2D eigenvalue weighted by molar-refractivity contribution is 0.416. The third-order valence-electron chi connectivity index (χ3n) is 2.18. The third-order valence-corrected chi connectivity index (χ3v) is 2.86. The molecule has 0 bridgehead atoms. The second-order valence-electron chi connectivity index (χ2n) is 3.41. The Morgan fingerprint density at radius 2 is 2.28 bits per heavy atom. The molecule has 1 aromatic heterocycles. The maximum Gasteiger partial charge on any atom is 0.320 e. The molecule has 1 N–H and O–H groups in total. The molecule has 0 unspecified atom stereocenters. The normalized spacial score (nSPS) is 10.4. The maximum atomic E-state index is 5.60. The van der Waals surface area contributed by atoms with Gasteiger partial charge in [0.1, 0.15) is 5.75 Å². The van der Waals surface area contributed by atoms with Crippen LogP contribution in [0, 0.1) is 0 Å². The minimum absolute atomic E-state index is 0.312. The smallest absolute Gasteiger partial charge is 0.320 e. The van der Waals surface area contributed by atoms with Crippen LogP contribution in [0.15, 0.2) is 27.1 Å². The van der Waals surface area contributed by atoms with Crippen LogP contribution in [0.25, 0.3) is 0 Å². The van der Waals surface area contributed by atoms with Gasteiger partial charge in [-0.15, -0.1) is 16.7 Å². The van der Waals surface area contributed by atoms with E-state index < -0.39 is 0 Å². The minimum atomic E-state index is 0.312. The van der Waals surface area contributed by atoms with Crippen molar-refractivity contribution in [2.24, 2.45) is 0 Å². The van der Waals surface area contributed by atoms with E-state index in [2.05, 4.69) is 31.4 Å². The number of aryl methyl sites for hydroxylation is 1. The molecule has 0 spiro atoms. The van der Waals surface area contributed by atoms with E-state index in [1.165, 1.54) is 0 Å². The monoisotopic (exact) mass is 331 g/mol. The van der Waals surface area contributed by atoms with Crippen molar-refractivity contribution in [1.29, 1.82) is 0 Å². The largest absolute Gasteiger partial charge is 0.495 e. The molecule has 0 aliphatic rings. The minimum Gasteiger partial charge on any atom is -0.495 e. The predicted octanol–water partition coefficient (Wildman–Crippen LogP) is 3.37. The number of aromatic nitrogens is 2. The summed E-state index contributed by atoms with van der Waals surface area (Å²) in [6, 6.07) is 5.90. The first-order valence-electron chi connectivity index (χ1n) is 5.22. The molecule has 0 amide bonds. The van der Waals surface area contributed by atoms with Crippen LogP contribution in [-0.2, 0) is 6.42 Å². The summed E-state index contributed by atoms with van der Waals surface area (Å²) in [6.07, 6.45) is 0.547. The quantitative estimate of drug-likeness (QED) is 0.851. The molecule has 0 aliphatic heterocycles. The molecule has 0 fully saturated rings. The zero-order chi connectivity index (χ0) is 13.0. The number of nitrogens with zero attached hydrogens (tertiary/aromatic N) is 2. The van der Waals surface area contributed by atoms with Gasteiger partial charge in [0.2, 0.25) is 5.89 Å². The summed E-state index contributed by atoms with van der Waals surface area (Å²) >= 11 is 8.99. The molecular weight excluding hydrogens is 321 g/mol. The van der Waals surface area contributed by atoms with Crippen LogP contribution in [0.4, 0.5) is 11.7 Å². The summed E-state index contributed by atoms with van der Waals surface area (Å²) in [5, 5.41) is 10.7. The number of methoxy groups -OCH3 is 1. The van der Waals surface area contributed by atoms with Gasteiger partial charge in [-0.1, -0.05) is 21.0 Å². The van der Waals surface area contributed by atoms with Gasteiger partial charge in [-0.2, -0.15) is 0 Å². The highest BCUT2D eigenvalue weighted by Gasteiger charge is 2.09. The van der Waals surface area contributed by atoms with E-state index in [0.717, 1.165) is 10.2 Å². The Labute approximate surface area is 118 Å². The van der Waals surface area contributed by atoms with Gasteiger partial charge >= 0.3 is 6.01 Å². The molecular formula is C11H11BrClN3O2. The van der Waals surface area contributed by atoms with Gasteiger partial charge in [0.05, 0.1) is 12.8 Å². The van der Waals surface area contributed by atoms with Crippen molar-refractivity contribution in [1.82, 2.24) is 10.2 Å². The van der Waals surface area contributed by atoms with Crippen molar-refractivity contribution in [3.05, 3.63) is 28.6 Å². The lowest BCUT2D eigenvalue weighted by Crippen LogP contribution is -1.94. The van der Waals surface area contributed by atoms with Gasteiger partial charge in [0.15, 0.2) is 0 Å². The van der Waals surface area contributed by atoms with E-state index in [9.17, 15) is 0 Å². The number of hydrogen-bond acceptors (Lipinski definition) is 5. The van der Waals surface area contributed by atoms with Crippen molar-refractivity contribution in [3.63, 3.8) is 0 Å². The molecule has 0 saturated heterocycles. The van der Waals surface area contributed by atoms with Gasteiger partial charge in [-0.25, -0.2) is 0 Å². The first-order valence-corrected chi connectivity index (χ1v) is 6.54. The fourth-order valence-corrected chi connectivity index (χ4v) is 1.90. The number of nitrogens with one attached hydrogen (secondary N) is 1. The van der Waals surface area contributed by atoms with Crippen molar-refractivity contribution in [2.45, 2.75) is 6.42 Å². The van der Waals surface area contributed by atoms with Crippen LogP contribution >= 0.6 is 27.5 Å². The molecule has 0 atom stereocenters. The Hall–Kier alpha value is -1.27. The number of hydrogen-bond donors (Lipinski definition) is 1. The van der Waals surface area contributed by atoms with E-state index in [0.29, 0.717) is 30.0 Å². The number of ether oxygens (including phenoxy) is 1. The number of anilines is 2. The SMILES string of the molecule is COc1ccc(Br)cc1Nc1nnc(CCCl)o1. The molecule has 0 aliphatic carbocycles. The van der Waals surface area contributed by atoms with Crippen molar-refractivity contribution in [2.75, 3.05) is 18.3 Å². The molecule has 0 radical (unpaired) electrons.